The summed E-state index contributed by atoms with van der Waals surface area (Å²) in [6.07, 6.45) is 9.13. The summed E-state index contributed by atoms with van der Waals surface area (Å²) in [6, 6.07) is 29.6. The largest absolute Gasteiger partial charge is 0.507 e. The van der Waals surface area contributed by atoms with E-state index in [1.807, 2.05) is 0 Å². The minimum atomic E-state index is -0.976. The molecule has 1 aliphatic heterocycles. The van der Waals surface area contributed by atoms with Gasteiger partial charge in [0.05, 0.1) is 41.4 Å². The lowest BCUT2D eigenvalue weighted by Gasteiger charge is -2.15. The SMILES string of the molecule is COC(=O)CCc1cc(C(=O)c2ccc(OC3CCCC3)cc2O)ccc1OCc1ccc2c(c1)OCC2=O.O=C(O)CCc1cc(C(=O)c2ccc(OC3CCCC3)cc2O)ccc1OCc1ccc2c(=O)[nH]oc2c1. The van der Waals surface area contributed by atoms with Crippen molar-refractivity contribution < 1.29 is 72.2 Å². The molecule has 3 aliphatic rings. The van der Waals surface area contributed by atoms with Gasteiger partial charge in [-0.1, -0.05) is 12.1 Å². The van der Waals surface area contributed by atoms with Crippen molar-refractivity contribution in [3.05, 3.63) is 170 Å². The standard InChI is InChI=1S/C31H30O8.C29H27NO8/c1-36-30(34)13-8-20-15-21(31(35)25-11-9-23(16-26(25)32)39-22-4-2-3-5-22)7-12-28(20)37-17-19-6-10-24-27(33)18-38-29(24)14-19;31-24-15-21(37-20-3-1-2-4-20)8-10-22(24)28(34)19-6-11-25(18(14-19)7-12-27(32)33)36-16-17-5-9-23-26(13-17)38-30-29(23)35/h6-7,9-12,14-16,22,32H,2-5,8,13,17-18H2,1H3;5-6,8-11,13-15,20,31H,1-4,7,12,16H2,(H,30,35)(H,32,33). The fourth-order valence-electron chi connectivity index (χ4n) is 9.59. The highest BCUT2D eigenvalue weighted by Crippen LogP contribution is 2.34. The number of phenols is 2. The van der Waals surface area contributed by atoms with Gasteiger partial charge in [0.15, 0.2) is 23.8 Å². The summed E-state index contributed by atoms with van der Waals surface area (Å²) in [4.78, 5) is 73.1. The Labute approximate surface area is 442 Å². The number of nitrogens with one attached hydrogen (secondary N) is 1. The summed E-state index contributed by atoms with van der Waals surface area (Å²) in [6.45, 7) is 0.382. The molecule has 2 heterocycles. The van der Waals surface area contributed by atoms with Crippen molar-refractivity contribution in [1.29, 1.82) is 0 Å². The number of phenolic OH excluding ortho intramolecular Hbond substituents is 2. The first-order chi connectivity index (χ1) is 37.3. The third kappa shape index (κ3) is 13.2. The first kappa shape index (κ1) is 53.0. The summed E-state index contributed by atoms with van der Waals surface area (Å²) in [5.74, 6) is 0.0577. The smallest absolute Gasteiger partial charge is 0.305 e. The van der Waals surface area contributed by atoms with E-state index in [-0.39, 0.29) is 97.0 Å². The number of hydrogen-bond acceptors (Lipinski definition) is 15. The maximum atomic E-state index is 13.3. The number of rotatable bonds is 20. The molecule has 0 saturated heterocycles. The van der Waals surface area contributed by atoms with Crippen LogP contribution in [0.3, 0.4) is 0 Å². The molecule has 0 radical (unpaired) electrons. The van der Waals surface area contributed by atoms with Crippen LogP contribution in [0, 0.1) is 0 Å². The second kappa shape index (κ2) is 24.2. The number of carbonyl (C=O) groups excluding carboxylic acids is 4. The number of ketones is 3. The molecule has 0 atom stereocenters. The Balaban J connectivity index is 0.000000188. The lowest BCUT2D eigenvalue weighted by atomic mass is 9.98. The van der Waals surface area contributed by atoms with E-state index in [0.29, 0.717) is 74.0 Å². The summed E-state index contributed by atoms with van der Waals surface area (Å²) in [5.41, 5.74) is 4.35. The summed E-state index contributed by atoms with van der Waals surface area (Å²) < 4.78 is 39.2. The number of aliphatic carboxylic acids is 1. The maximum absolute atomic E-state index is 13.3. The number of hydrogen-bond donors (Lipinski definition) is 4. The molecule has 398 valence electrons. The molecule has 10 rings (SSSR count). The van der Waals surface area contributed by atoms with Crippen molar-refractivity contribution in [3.8, 4) is 40.2 Å². The van der Waals surface area contributed by atoms with Gasteiger partial charge in [0, 0.05) is 36.1 Å². The molecule has 0 amide bonds. The second-order valence-corrected chi connectivity index (χ2v) is 19.2. The molecule has 1 aromatic heterocycles. The van der Waals surface area contributed by atoms with Gasteiger partial charge in [-0.15, -0.1) is 0 Å². The number of carboxylic acid groups (broad SMARTS) is 1. The van der Waals surface area contributed by atoms with Crippen molar-refractivity contribution in [1.82, 2.24) is 5.16 Å². The highest BCUT2D eigenvalue weighted by Gasteiger charge is 2.24. The molecule has 17 heteroatoms. The number of aromatic nitrogens is 1. The zero-order chi connectivity index (χ0) is 54.0. The fraction of sp³-hybridized carbons (Fsp3) is 0.300. The normalized spacial score (nSPS) is 14.1. The molecular weight excluding hydrogens is 991 g/mol. The van der Waals surface area contributed by atoms with Crippen molar-refractivity contribution in [2.24, 2.45) is 0 Å². The molecule has 2 aliphatic carbocycles. The maximum Gasteiger partial charge on any atom is 0.305 e. The number of esters is 1. The van der Waals surface area contributed by atoms with Gasteiger partial charge < -0.3 is 48.3 Å². The lowest BCUT2D eigenvalue weighted by Crippen LogP contribution is -2.11. The predicted octanol–water partition coefficient (Wildman–Crippen LogP) is 10.2. The minimum Gasteiger partial charge on any atom is -0.507 e. The monoisotopic (exact) mass is 1050 g/mol. The van der Waals surface area contributed by atoms with Crippen LogP contribution in [0.1, 0.15) is 129 Å². The number of H-pyrrole nitrogens is 1. The van der Waals surface area contributed by atoms with Gasteiger partial charge in [-0.25, -0.2) is 0 Å². The lowest BCUT2D eigenvalue weighted by molar-refractivity contribution is -0.140. The van der Waals surface area contributed by atoms with Crippen LogP contribution < -0.4 is 29.2 Å². The topological polar surface area (TPSA) is 247 Å². The number of carbonyl (C=O) groups is 5. The molecule has 6 aromatic carbocycles. The number of aromatic hydroxyl groups is 2. The molecule has 0 spiro atoms. The Morgan fingerprint density at radius 3 is 1.69 bits per heavy atom. The molecule has 77 heavy (non-hydrogen) atoms. The average Bonchev–Trinajstić information content (AvgIpc) is 4.29. The van der Waals surface area contributed by atoms with Crippen LogP contribution in [0.4, 0.5) is 0 Å². The van der Waals surface area contributed by atoms with Crippen LogP contribution in [0.5, 0.6) is 40.2 Å². The van der Waals surface area contributed by atoms with Gasteiger partial charge in [0.25, 0.3) is 5.56 Å². The van der Waals surface area contributed by atoms with Crippen LogP contribution >= 0.6 is 0 Å². The molecule has 7 aromatic rings. The van der Waals surface area contributed by atoms with Gasteiger partial charge >= 0.3 is 11.9 Å². The molecule has 2 fully saturated rings. The summed E-state index contributed by atoms with van der Waals surface area (Å²) in [5, 5.41) is 33.1. The number of ether oxygens (including phenoxy) is 6. The van der Waals surface area contributed by atoms with Gasteiger partial charge in [-0.2, -0.15) is 5.16 Å². The van der Waals surface area contributed by atoms with E-state index in [4.69, 9.17) is 32.9 Å². The van der Waals surface area contributed by atoms with Crippen LogP contribution in [0.15, 0.2) is 119 Å². The molecule has 2 saturated carbocycles. The Hall–Kier alpha value is -8.86. The Morgan fingerprint density at radius 1 is 0.623 bits per heavy atom. The van der Waals surface area contributed by atoms with Crippen LogP contribution in [-0.2, 0) is 40.4 Å². The van der Waals surface area contributed by atoms with Crippen molar-refractivity contribution in [2.45, 2.75) is 102 Å². The van der Waals surface area contributed by atoms with E-state index in [1.165, 1.54) is 19.2 Å². The second-order valence-electron chi connectivity index (χ2n) is 19.2. The van der Waals surface area contributed by atoms with Crippen LogP contribution in [0.2, 0.25) is 0 Å². The molecule has 17 nitrogen and oxygen atoms in total. The number of benzene rings is 6. The Morgan fingerprint density at radius 2 is 1.16 bits per heavy atom. The third-order valence-electron chi connectivity index (χ3n) is 13.8. The van der Waals surface area contributed by atoms with E-state index in [1.54, 1.807) is 97.1 Å². The third-order valence-corrected chi connectivity index (χ3v) is 13.8. The van der Waals surface area contributed by atoms with Gasteiger partial charge in [-0.3, -0.25) is 28.8 Å². The number of methoxy groups -OCH3 is 1. The Bertz CT molecular complexity index is 3400. The highest BCUT2D eigenvalue weighted by atomic mass is 16.5. The quantitative estimate of drug-likeness (QED) is 0.0409. The van der Waals surface area contributed by atoms with Crippen molar-refractivity contribution in [3.63, 3.8) is 0 Å². The van der Waals surface area contributed by atoms with Gasteiger partial charge in [-0.05, 0) is 171 Å². The zero-order valence-corrected chi connectivity index (χ0v) is 42.3. The van der Waals surface area contributed by atoms with E-state index < -0.39 is 11.8 Å². The van der Waals surface area contributed by atoms with E-state index in [2.05, 4.69) is 5.16 Å². The molecule has 4 N–H and O–H groups in total. The first-order valence-electron chi connectivity index (χ1n) is 25.6. The van der Waals surface area contributed by atoms with Crippen LogP contribution in [-0.4, -0.2) is 75.7 Å². The number of Topliss-reactive ketones (excluding diaryl/α,β-unsaturated/α-hetero) is 1. The number of carboxylic acids is 1. The van der Waals surface area contributed by atoms with Gasteiger partial charge in [0.1, 0.15) is 53.5 Å². The first-order valence-corrected chi connectivity index (χ1v) is 25.6. The van der Waals surface area contributed by atoms with Gasteiger partial charge in [0.2, 0.25) is 5.78 Å². The zero-order valence-electron chi connectivity index (χ0n) is 42.3. The molecule has 0 bridgehead atoms. The molecular formula is C60H57NO16. The minimum absolute atomic E-state index is 0.0403. The van der Waals surface area contributed by atoms with E-state index in [0.717, 1.165) is 62.5 Å². The fourth-order valence-corrected chi connectivity index (χ4v) is 9.59. The summed E-state index contributed by atoms with van der Waals surface area (Å²) >= 11 is 0. The Kier molecular flexibility index (Phi) is 16.7. The molecule has 0 unspecified atom stereocenters. The predicted molar refractivity (Wildman–Crippen MR) is 280 cm³/mol. The highest BCUT2D eigenvalue weighted by molar-refractivity contribution is 6.11. The number of aryl methyl sites for hydroxylation is 2. The number of aromatic amines is 1. The van der Waals surface area contributed by atoms with E-state index >= 15 is 0 Å². The van der Waals surface area contributed by atoms with Crippen molar-refractivity contribution >= 4 is 40.3 Å². The summed E-state index contributed by atoms with van der Waals surface area (Å²) in [7, 11) is 1.32. The average molecular weight is 1050 g/mol. The van der Waals surface area contributed by atoms with Crippen molar-refractivity contribution in [2.75, 3.05) is 13.7 Å². The van der Waals surface area contributed by atoms with Crippen LogP contribution in [0.25, 0.3) is 11.0 Å². The number of fused-ring (bicyclic) bond motifs is 2. The van der Waals surface area contributed by atoms with E-state index in [9.17, 15) is 44.1 Å².